The van der Waals surface area contributed by atoms with E-state index in [1.54, 1.807) is 43.3 Å². The fraction of sp³-hybridized carbons (Fsp3) is 0.263. The second-order valence-electron chi connectivity index (χ2n) is 5.86. The van der Waals surface area contributed by atoms with Gasteiger partial charge in [-0.15, -0.1) is 0 Å². The topological polar surface area (TPSA) is 66.6 Å². The maximum absolute atomic E-state index is 13.8. The number of halogens is 1. The van der Waals surface area contributed by atoms with Crippen molar-refractivity contribution in [3.63, 3.8) is 0 Å². The monoisotopic (exact) mass is 342 g/mol. The van der Waals surface area contributed by atoms with Crippen LogP contribution in [0.25, 0.3) is 0 Å². The van der Waals surface area contributed by atoms with Gasteiger partial charge in [0.2, 0.25) is 0 Å². The minimum Gasteiger partial charge on any atom is -0.494 e. The van der Waals surface area contributed by atoms with Gasteiger partial charge in [-0.3, -0.25) is 4.79 Å². The number of anilines is 1. The first-order chi connectivity index (χ1) is 12.0. The Morgan fingerprint density at radius 2 is 2.08 bits per heavy atom. The van der Waals surface area contributed by atoms with E-state index in [-0.39, 0.29) is 17.7 Å². The summed E-state index contributed by atoms with van der Waals surface area (Å²) in [6, 6.07) is 13.3. The third-order valence-electron chi connectivity index (χ3n) is 4.14. The number of hydrogen-bond donors (Lipinski definition) is 2. The average Bonchev–Trinajstić information content (AvgIpc) is 2.61. The Kier molecular flexibility index (Phi) is 6.09. The number of nitriles is 1. The Labute approximate surface area is 146 Å². The third kappa shape index (κ3) is 4.55. The fourth-order valence-corrected chi connectivity index (χ4v) is 2.45. The van der Waals surface area contributed by atoms with Crippen LogP contribution < -0.4 is 15.0 Å². The van der Waals surface area contributed by atoms with Crippen molar-refractivity contribution in [1.82, 2.24) is 0 Å². The van der Waals surface area contributed by atoms with Gasteiger partial charge < -0.3 is 15.0 Å². The van der Waals surface area contributed by atoms with Crippen molar-refractivity contribution < 1.29 is 18.8 Å². The standard InChI is InChI=1S/C19H20FN3O2/c1-13(19(24)22-17-7-5-4-6-15(17)11-21)23(2)12-14-8-9-18(25-3)16(20)10-14/h4-10,13H,12H2,1-3H3,(H,22,24)/p+1/t13-/m0/s1. The minimum atomic E-state index is -0.423. The first-order valence-corrected chi connectivity index (χ1v) is 7.91. The van der Waals surface area contributed by atoms with Crippen LogP contribution >= 0.6 is 0 Å². The number of ether oxygens (including phenoxy) is 1. The van der Waals surface area contributed by atoms with E-state index in [1.807, 2.05) is 7.05 Å². The van der Waals surface area contributed by atoms with Gasteiger partial charge >= 0.3 is 0 Å². The molecule has 0 radical (unpaired) electrons. The van der Waals surface area contributed by atoms with Gasteiger partial charge in [-0.05, 0) is 37.3 Å². The van der Waals surface area contributed by atoms with Crippen molar-refractivity contribution in [1.29, 1.82) is 5.26 Å². The van der Waals surface area contributed by atoms with Crippen molar-refractivity contribution in [2.24, 2.45) is 0 Å². The number of quaternary nitrogens is 1. The van der Waals surface area contributed by atoms with Crippen molar-refractivity contribution in [2.45, 2.75) is 19.5 Å². The van der Waals surface area contributed by atoms with E-state index in [9.17, 15) is 9.18 Å². The van der Waals surface area contributed by atoms with E-state index in [2.05, 4.69) is 11.4 Å². The molecule has 0 aliphatic heterocycles. The van der Waals surface area contributed by atoms with E-state index in [0.717, 1.165) is 10.5 Å². The summed E-state index contributed by atoms with van der Waals surface area (Å²) in [7, 11) is 3.28. The molecule has 2 atom stereocenters. The highest BCUT2D eigenvalue weighted by molar-refractivity contribution is 5.94. The van der Waals surface area contributed by atoms with Gasteiger partial charge in [-0.25, -0.2) is 4.39 Å². The lowest BCUT2D eigenvalue weighted by atomic mass is 10.1. The molecule has 0 spiro atoms. The molecule has 1 unspecified atom stereocenters. The highest BCUT2D eigenvalue weighted by atomic mass is 19.1. The molecule has 0 heterocycles. The summed E-state index contributed by atoms with van der Waals surface area (Å²) >= 11 is 0. The average molecular weight is 342 g/mol. The summed E-state index contributed by atoms with van der Waals surface area (Å²) in [4.78, 5) is 13.3. The summed E-state index contributed by atoms with van der Waals surface area (Å²) in [6.07, 6.45) is 0. The number of hydrogen-bond acceptors (Lipinski definition) is 3. The summed E-state index contributed by atoms with van der Waals surface area (Å²) in [5.41, 5.74) is 1.68. The molecule has 5 nitrogen and oxygen atoms in total. The molecule has 2 rings (SSSR count). The predicted octanol–water partition coefficient (Wildman–Crippen LogP) is 1.75. The number of carbonyl (C=O) groups is 1. The molecule has 0 fully saturated rings. The molecule has 2 aromatic carbocycles. The molecule has 0 saturated heterocycles. The SMILES string of the molecule is COc1ccc(C[NH+](C)[C@@H](C)C(=O)Nc2ccccc2C#N)cc1F. The normalized spacial score (nSPS) is 12.8. The first kappa shape index (κ1) is 18.4. The summed E-state index contributed by atoms with van der Waals surface area (Å²) in [5, 5.41) is 11.9. The zero-order valence-electron chi connectivity index (χ0n) is 14.5. The maximum atomic E-state index is 13.8. The van der Waals surface area contributed by atoms with Crippen LogP contribution in [0.2, 0.25) is 0 Å². The van der Waals surface area contributed by atoms with Crippen LogP contribution in [0.1, 0.15) is 18.1 Å². The van der Waals surface area contributed by atoms with Gasteiger partial charge in [0.15, 0.2) is 17.6 Å². The molecule has 25 heavy (non-hydrogen) atoms. The van der Waals surface area contributed by atoms with E-state index < -0.39 is 5.82 Å². The fourth-order valence-electron chi connectivity index (χ4n) is 2.45. The lowest BCUT2D eigenvalue weighted by molar-refractivity contribution is -0.907. The summed E-state index contributed by atoms with van der Waals surface area (Å²) < 4.78 is 18.7. The molecule has 0 saturated carbocycles. The third-order valence-corrected chi connectivity index (χ3v) is 4.14. The van der Waals surface area contributed by atoms with Crippen LogP contribution in [0, 0.1) is 17.1 Å². The number of carbonyl (C=O) groups excluding carboxylic acids is 1. The summed E-state index contributed by atoms with van der Waals surface area (Å²) in [6.45, 7) is 2.27. The van der Waals surface area contributed by atoms with Gasteiger partial charge in [0.1, 0.15) is 12.6 Å². The van der Waals surface area contributed by atoms with Gasteiger partial charge in [0.05, 0.1) is 25.4 Å². The number of nitrogens with zero attached hydrogens (tertiary/aromatic N) is 1. The zero-order chi connectivity index (χ0) is 18.4. The lowest BCUT2D eigenvalue weighted by Crippen LogP contribution is -3.12. The Morgan fingerprint density at radius 3 is 2.72 bits per heavy atom. The molecular weight excluding hydrogens is 321 g/mol. The van der Waals surface area contributed by atoms with Crippen molar-refractivity contribution >= 4 is 11.6 Å². The van der Waals surface area contributed by atoms with Crippen LogP contribution in [-0.4, -0.2) is 26.1 Å². The van der Waals surface area contributed by atoms with E-state index in [0.29, 0.717) is 17.8 Å². The second-order valence-corrected chi connectivity index (χ2v) is 5.86. The molecule has 130 valence electrons. The molecule has 6 heteroatoms. The van der Waals surface area contributed by atoms with Crippen molar-refractivity contribution in [3.8, 4) is 11.8 Å². The Balaban J connectivity index is 2.04. The van der Waals surface area contributed by atoms with Gasteiger partial charge in [-0.1, -0.05) is 12.1 Å². The first-order valence-electron chi connectivity index (χ1n) is 7.91. The number of rotatable bonds is 6. The Hall–Kier alpha value is -2.91. The molecule has 0 aliphatic rings. The Bertz CT molecular complexity index is 801. The van der Waals surface area contributed by atoms with Crippen LogP contribution in [0.3, 0.4) is 0 Å². The lowest BCUT2D eigenvalue weighted by Gasteiger charge is -2.21. The molecule has 0 aromatic heterocycles. The number of likely N-dealkylation sites (N-methyl/N-ethyl adjacent to an activating group) is 1. The van der Waals surface area contributed by atoms with Crippen LogP contribution in [-0.2, 0) is 11.3 Å². The molecule has 0 aliphatic carbocycles. The minimum absolute atomic E-state index is 0.195. The number of para-hydroxylation sites is 1. The summed E-state index contributed by atoms with van der Waals surface area (Å²) in [5.74, 6) is -0.428. The molecular formula is C19H21FN3O2+. The predicted molar refractivity (Wildman–Crippen MR) is 92.8 cm³/mol. The highest BCUT2D eigenvalue weighted by Crippen LogP contribution is 2.17. The quantitative estimate of drug-likeness (QED) is 0.840. The zero-order valence-corrected chi connectivity index (χ0v) is 14.5. The van der Waals surface area contributed by atoms with Crippen molar-refractivity contribution in [2.75, 3.05) is 19.5 Å². The molecule has 1 amide bonds. The molecule has 2 N–H and O–H groups in total. The molecule has 0 bridgehead atoms. The Morgan fingerprint density at radius 1 is 1.36 bits per heavy atom. The van der Waals surface area contributed by atoms with Crippen LogP contribution in [0.5, 0.6) is 5.75 Å². The van der Waals surface area contributed by atoms with E-state index in [1.165, 1.54) is 13.2 Å². The van der Waals surface area contributed by atoms with E-state index in [4.69, 9.17) is 10.00 Å². The van der Waals surface area contributed by atoms with E-state index >= 15 is 0 Å². The smallest absolute Gasteiger partial charge is 0.282 e. The molecule has 2 aromatic rings. The van der Waals surface area contributed by atoms with Crippen LogP contribution in [0.15, 0.2) is 42.5 Å². The number of methoxy groups -OCH3 is 1. The number of benzene rings is 2. The maximum Gasteiger partial charge on any atom is 0.282 e. The second kappa shape index (κ2) is 8.27. The van der Waals surface area contributed by atoms with Crippen LogP contribution in [0.4, 0.5) is 10.1 Å². The number of nitrogens with one attached hydrogen (secondary N) is 2. The highest BCUT2D eigenvalue weighted by Gasteiger charge is 2.23. The van der Waals surface area contributed by atoms with Gasteiger partial charge in [-0.2, -0.15) is 5.26 Å². The largest absolute Gasteiger partial charge is 0.494 e. The van der Waals surface area contributed by atoms with Gasteiger partial charge in [0.25, 0.3) is 5.91 Å². The van der Waals surface area contributed by atoms with Crippen molar-refractivity contribution in [3.05, 3.63) is 59.4 Å². The number of amides is 1. The van der Waals surface area contributed by atoms with Gasteiger partial charge in [0, 0.05) is 5.56 Å².